The van der Waals surface area contributed by atoms with Crippen molar-refractivity contribution < 1.29 is 12.8 Å². The van der Waals surface area contributed by atoms with Gasteiger partial charge >= 0.3 is 0 Å². The van der Waals surface area contributed by atoms with Crippen LogP contribution in [0.25, 0.3) is 11.1 Å². The Labute approximate surface area is 129 Å². The van der Waals surface area contributed by atoms with E-state index in [2.05, 4.69) is 9.71 Å². The number of hydrogen-bond donors (Lipinski definition) is 1. The Kier molecular flexibility index (Phi) is 3.41. The van der Waals surface area contributed by atoms with Crippen molar-refractivity contribution in [3.63, 3.8) is 0 Å². The second-order valence-corrected chi connectivity index (χ2v) is 6.97. The molecule has 1 aromatic heterocycles. The standard InChI is InChI=1S/C16H16N2O3S/c1-10-4-6-14(11(2)8-10)18-22(19,20)13-5-7-16-15(9-13)17-12(3)21-16/h4-9,18H,1-3H3. The Balaban J connectivity index is 2.00. The minimum Gasteiger partial charge on any atom is -0.441 e. The zero-order valence-electron chi connectivity index (χ0n) is 12.5. The van der Waals surface area contributed by atoms with Gasteiger partial charge in [-0.1, -0.05) is 17.7 Å². The van der Waals surface area contributed by atoms with Crippen LogP contribution in [0.4, 0.5) is 5.69 Å². The lowest BCUT2D eigenvalue weighted by Gasteiger charge is -2.11. The van der Waals surface area contributed by atoms with E-state index in [1.165, 1.54) is 12.1 Å². The molecule has 0 atom stereocenters. The summed E-state index contributed by atoms with van der Waals surface area (Å²) in [7, 11) is -3.66. The van der Waals surface area contributed by atoms with Gasteiger partial charge in [0.15, 0.2) is 11.5 Å². The minimum absolute atomic E-state index is 0.160. The number of hydrogen-bond acceptors (Lipinski definition) is 4. The first kappa shape index (κ1) is 14.6. The molecule has 0 radical (unpaired) electrons. The highest BCUT2D eigenvalue weighted by molar-refractivity contribution is 7.92. The normalized spacial score (nSPS) is 11.8. The third kappa shape index (κ3) is 2.69. The predicted molar refractivity (Wildman–Crippen MR) is 85.5 cm³/mol. The number of rotatable bonds is 3. The number of nitrogens with one attached hydrogen (secondary N) is 1. The molecule has 22 heavy (non-hydrogen) atoms. The lowest BCUT2D eigenvalue weighted by molar-refractivity contribution is 0.561. The van der Waals surface area contributed by atoms with Gasteiger partial charge in [0.05, 0.1) is 10.6 Å². The van der Waals surface area contributed by atoms with Crippen LogP contribution < -0.4 is 4.72 Å². The maximum atomic E-state index is 12.5. The van der Waals surface area contributed by atoms with Gasteiger partial charge in [0.25, 0.3) is 10.0 Å². The molecular weight excluding hydrogens is 300 g/mol. The molecule has 0 bridgehead atoms. The van der Waals surface area contributed by atoms with Crippen molar-refractivity contribution in [3.8, 4) is 0 Å². The lowest BCUT2D eigenvalue weighted by Crippen LogP contribution is -2.13. The van der Waals surface area contributed by atoms with Gasteiger partial charge in [-0.3, -0.25) is 4.72 Å². The van der Waals surface area contributed by atoms with Crippen molar-refractivity contribution in [3.05, 3.63) is 53.4 Å². The summed E-state index contributed by atoms with van der Waals surface area (Å²) in [6.07, 6.45) is 0. The summed E-state index contributed by atoms with van der Waals surface area (Å²) in [5.41, 5.74) is 3.63. The van der Waals surface area contributed by atoms with Gasteiger partial charge in [-0.25, -0.2) is 13.4 Å². The highest BCUT2D eigenvalue weighted by Crippen LogP contribution is 2.23. The van der Waals surface area contributed by atoms with Crippen LogP contribution in [0.2, 0.25) is 0 Å². The van der Waals surface area contributed by atoms with Crippen molar-refractivity contribution in [2.24, 2.45) is 0 Å². The Morgan fingerprint density at radius 1 is 1.05 bits per heavy atom. The highest BCUT2D eigenvalue weighted by Gasteiger charge is 2.17. The van der Waals surface area contributed by atoms with Crippen molar-refractivity contribution >= 4 is 26.8 Å². The van der Waals surface area contributed by atoms with Crippen LogP contribution in [-0.2, 0) is 10.0 Å². The van der Waals surface area contributed by atoms with Gasteiger partial charge in [-0.05, 0) is 43.7 Å². The predicted octanol–water partition coefficient (Wildman–Crippen LogP) is 3.55. The summed E-state index contributed by atoms with van der Waals surface area (Å²) < 4.78 is 33.0. The van der Waals surface area contributed by atoms with Crippen molar-refractivity contribution in [2.75, 3.05) is 4.72 Å². The average molecular weight is 316 g/mol. The summed E-state index contributed by atoms with van der Waals surface area (Å²) >= 11 is 0. The van der Waals surface area contributed by atoms with Gasteiger partial charge in [0.2, 0.25) is 0 Å². The molecule has 114 valence electrons. The number of nitrogens with zero attached hydrogens (tertiary/aromatic N) is 1. The number of fused-ring (bicyclic) bond motifs is 1. The smallest absolute Gasteiger partial charge is 0.261 e. The van der Waals surface area contributed by atoms with Crippen LogP contribution in [0.3, 0.4) is 0 Å². The molecule has 2 aromatic carbocycles. The Morgan fingerprint density at radius 2 is 1.82 bits per heavy atom. The number of anilines is 1. The maximum Gasteiger partial charge on any atom is 0.261 e. The molecule has 5 nitrogen and oxygen atoms in total. The van der Waals surface area contributed by atoms with E-state index < -0.39 is 10.0 Å². The van der Waals surface area contributed by atoms with Crippen LogP contribution in [0.5, 0.6) is 0 Å². The molecule has 3 rings (SSSR count). The molecule has 0 aliphatic rings. The number of aromatic nitrogens is 1. The molecule has 0 amide bonds. The van der Waals surface area contributed by atoms with E-state index in [9.17, 15) is 8.42 Å². The van der Waals surface area contributed by atoms with Crippen LogP contribution in [0.1, 0.15) is 17.0 Å². The molecule has 1 N–H and O–H groups in total. The number of benzene rings is 2. The largest absolute Gasteiger partial charge is 0.441 e. The first-order chi connectivity index (χ1) is 10.3. The van der Waals surface area contributed by atoms with Crippen molar-refractivity contribution in [1.82, 2.24) is 4.98 Å². The topological polar surface area (TPSA) is 72.2 Å². The zero-order valence-corrected chi connectivity index (χ0v) is 13.4. The van der Waals surface area contributed by atoms with Gasteiger partial charge in [0, 0.05) is 6.92 Å². The minimum atomic E-state index is -3.66. The van der Waals surface area contributed by atoms with E-state index >= 15 is 0 Å². The monoisotopic (exact) mass is 316 g/mol. The molecule has 6 heteroatoms. The molecule has 0 spiro atoms. The third-order valence-corrected chi connectivity index (χ3v) is 4.77. The summed E-state index contributed by atoms with van der Waals surface area (Å²) in [5.74, 6) is 0.506. The summed E-state index contributed by atoms with van der Waals surface area (Å²) in [4.78, 5) is 4.33. The second kappa shape index (κ2) is 5.14. The summed E-state index contributed by atoms with van der Waals surface area (Å²) in [6.45, 7) is 5.56. The van der Waals surface area contributed by atoms with Gasteiger partial charge in [0.1, 0.15) is 5.52 Å². The molecule has 0 aliphatic carbocycles. The number of oxazole rings is 1. The number of sulfonamides is 1. The summed E-state index contributed by atoms with van der Waals surface area (Å²) in [5, 5.41) is 0. The van der Waals surface area contributed by atoms with E-state index in [-0.39, 0.29) is 4.90 Å². The molecule has 0 unspecified atom stereocenters. The fourth-order valence-corrected chi connectivity index (χ4v) is 3.47. The molecular formula is C16H16N2O3S. The summed E-state index contributed by atoms with van der Waals surface area (Å²) in [6, 6.07) is 10.2. The maximum absolute atomic E-state index is 12.5. The van der Waals surface area contributed by atoms with Gasteiger partial charge < -0.3 is 4.42 Å². The fourth-order valence-electron chi connectivity index (χ4n) is 2.32. The van der Waals surface area contributed by atoms with E-state index in [0.29, 0.717) is 22.7 Å². The first-order valence-corrected chi connectivity index (χ1v) is 8.31. The van der Waals surface area contributed by atoms with Crippen LogP contribution in [0.15, 0.2) is 45.7 Å². The van der Waals surface area contributed by atoms with E-state index in [1.54, 1.807) is 19.1 Å². The first-order valence-electron chi connectivity index (χ1n) is 6.82. The zero-order chi connectivity index (χ0) is 15.9. The Hall–Kier alpha value is -2.34. The molecule has 3 aromatic rings. The van der Waals surface area contributed by atoms with Gasteiger partial charge in [-0.2, -0.15) is 0 Å². The fraction of sp³-hybridized carbons (Fsp3) is 0.188. The van der Waals surface area contributed by atoms with Crippen LogP contribution in [0, 0.1) is 20.8 Å². The second-order valence-electron chi connectivity index (χ2n) is 5.29. The molecule has 0 saturated heterocycles. The lowest BCUT2D eigenvalue weighted by atomic mass is 10.1. The average Bonchev–Trinajstić information content (AvgIpc) is 2.81. The van der Waals surface area contributed by atoms with Crippen molar-refractivity contribution in [2.45, 2.75) is 25.7 Å². The Bertz CT molecular complexity index is 959. The number of aryl methyl sites for hydroxylation is 3. The van der Waals surface area contributed by atoms with Crippen LogP contribution >= 0.6 is 0 Å². The Morgan fingerprint density at radius 3 is 2.55 bits per heavy atom. The molecule has 0 fully saturated rings. The SMILES string of the molecule is Cc1ccc(NS(=O)(=O)c2ccc3oc(C)nc3c2)c(C)c1. The van der Waals surface area contributed by atoms with Gasteiger partial charge in [-0.15, -0.1) is 0 Å². The molecule has 0 aliphatic heterocycles. The van der Waals surface area contributed by atoms with E-state index in [0.717, 1.165) is 11.1 Å². The molecule has 1 heterocycles. The molecule has 0 saturated carbocycles. The van der Waals surface area contributed by atoms with Crippen LogP contribution in [-0.4, -0.2) is 13.4 Å². The van der Waals surface area contributed by atoms with E-state index in [4.69, 9.17) is 4.42 Å². The quantitative estimate of drug-likeness (QED) is 0.802. The van der Waals surface area contributed by atoms with Crippen molar-refractivity contribution in [1.29, 1.82) is 0 Å². The third-order valence-electron chi connectivity index (χ3n) is 3.40. The van der Waals surface area contributed by atoms with E-state index in [1.807, 2.05) is 26.0 Å². The highest BCUT2D eigenvalue weighted by atomic mass is 32.2.